The molecule has 0 aliphatic rings. The molecule has 0 aliphatic heterocycles. The zero-order chi connectivity index (χ0) is 18.3. The smallest absolute Gasteiger partial charge is 0.345 e. The lowest BCUT2D eigenvalue weighted by Gasteiger charge is -2.12. The Labute approximate surface area is 140 Å². The van der Waals surface area contributed by atoms with Gasteiger partial charge in [-0.2, -0.15) is 0 Å². The molecule has 8 nitrogen and oxygen atoms in total. The normalized spacial score (nSPS) is 10.8. The molecule has 0 atom stereocenters. The molecule has 0 fully saturated rings. The van der Waals surface area contributed by atoms with E-state index in [0.29, 0.717) is 0 Å². The third kappa shape index (κ3) is 2.30. The largest absolute Gasteiger partial charge is 0.507 e. The Kier molecular flexibility index (Phi) is 3.88. The highest BCUT2D eigenvalue weighted by Crippen LogP contribution is 2.39. The van der Waals surface area contributed by atoms with Crippen molar-refractivity contribution in [3.8, 4) is 23.0 Å². The standard InChI is InChI=1S/C17H14O8/c1-22-9-5-4-7(18)15-12(9)14(20)13-10(23-2)6-8(19)11(16(13)25-15)17(21)24-3/h4-6,18-19H,1-3H3. The number of phenolic OH excluding ortho intramolecular Hbond substituents is 2. The van der Waals surface area contributed by atoms with E-state index in [4.69, 9.17) is 13.9 Å². The van der Waals surface area contributed by atoms with Gasteiger partial charge >= 0.3 is 5.97 Å². The minimum absolute atomic E-state index is 0.00111. The number of esters is 1. The molecule has 130 valence electrons. The monoisotopic (exact) mass is 346 g/mol. The average Bonchev–Trinajstić information content (AvgIpc) is 2.61. The van der Waals surface area contributed by atoms with Crippen LogP contribution in [0.25, 0.3) is 21.9 Å². The third-order valence-corrected chi connectivity index (χ3v) is 3.81. The second-order valence-corrected chi connectivity index (χ2v) is 5.09. The highest BCUT2D eigenvalue weighted by molar-refractivity contribution is 6.09. The van der Waals surface area contributed by atoms with Gasteiger partial charge in [-0.15, -0.1) is 0 Å². The minimum atomic E-state index is -0.907. The van der Waals surface area contributed by atoms with E-state index in [-0.39, 0.29) is 44.8 Å². The van der Waals surface area contributed by atoms with Crippen molar-refractivity contribution < 1.29 is 33.6 Å². The molecule has 0 unspecified atom stereocenters. The van der Waals surface area contributed by atoms with Crippen LogP contribution in [0.4, 0.5) is 0 Å². The van der Waals surface area contributed by atoms with E-state index >= 15 is 0 Å². The van der Waals surface area contributed by atoms with Gasteiger partial charge in [0.05, 0.1) is 21.3 Å². The number of benzene rings is 2. The van der Waals surface area contributed by atoms with Crippen LogP contribution in [0.3, 0.4) is 0 Å². The van der Waals surface area contributed by atoms with Crippen molar-refractivity contribution in [1.82, 2.24) is 0 Å². The zero-order valence-electron chi connectivity index (χ0n) is 13.6. The second kappa shape index (κ2) is 5.90. The van der Waals surface area contributed by atoms with Gasteiger partial charge in [0.2, 0.25) is 5.43 Å². The van der Waals surface area contributed by atoms with Gasteiger partial charge < -0.3 is 28.8 Å². The topological polar surface area (TPSA) is 115 Å². The van der Waals surface area contributed by atoms with Crippen LogP contribution in [0.2, 0.25) is 0 Å². The van der Waals surface area contributed by atoms with Crippen LogP contribution in [-0.4, -0.2) is 37.5 Å². The molecule has 0 amide bonds. The number of carbonyl (C=O) groups excluding carboxylic acids is 1. The number of hydrogen-bond donors (Lipinski definition) is 2. The van der Waals surface area contributed by atoms with Crippen LogP contribution in [-0.2, 0) is 4.74 Å². The summed E-state index contributed by atoms with van der Waals surface area (Å²) in [5.74, 6) is -1.54. The highest BCUT2D eigenvalue weighted by atomic mass is 16.5. The van der Waals surface area contributed by atoms with Crippen molar-refractivity contribution in [2.75, 3.05) is 21.3 Å². The zero-order valence-corrected chi connectivity index (χ0v) is 13.6. The van der Waals surface area contributed by atoms with Crippen LogP contribution in [0.15, 0.2) is 27.4 Å². The first-order chi connectivity index (χ1) is 11.9. The van der Waals surface area contributed by atoms with Crippen molar-refractivity contribution in [2.45, 2.75) is 0 Å². The van der Waals surface area contributed by atoms with Crippen LogP contribution >= 0.6 is 0 Å². The number of hydrogen-bond acceptors (Lipinski definition) is 8. The van der Waals surface area contributed by atoms with E-state index in [2.05, 4.69) is 4.74 Å². The highest BCUT2D eigenvalue weighted by Gasteiger charge is 2.26. The Morgan fingerprint density at radius 2 is 1.60 bits per heavy atom. The lowest BCUT2D eigenvalue weighted by atomic mass is 10.1. The molecule has 2 aromatic carbocycles. The number of phenols is 2. The minimum Gasteiger partial charge on any atom is -0.507 e. The number of methoxy groups -OCH3 is 3. The molecule has 0 bridgehead atoms. The predicted octanol–water partition coefficient (Wildman–Crippen LogP) is 2.16. The molecular weight excluding hydrogens is 332 g/mol. The lowest BCUT2D eigenvalue weighted by molar-refractivity contribution is 0.0598. The van der Waals surface area contributed by atoms with Crippen LogP contribution in [0, 0.1) is 0 Å². The Morgan fingerprint density at radius 1 is 0.960 bits per heavy atom. The van der Waals surface area contributed by atoms with Crippen molar-refractivity contribution in [3.05, 3.63) is 34.0 Å². The number of aromatic hydroxyl groups is 2. The Balaban J connectivity index is 2.66. The van der Waals surface area contributed by atoms with E-state index < -0.39 is 17.1 Å². The summed E-state index contributed by atoms with van der Waals surface area (Å²) in [7, 11) is 3.79. The number of fused-ring (bicyclic) bond motifs is 2. The van der Waals surface area contributed by atoms with Gasteiger partial charge in [-0.05, 0) is 12.1 Å². The van der Waals surface area contributed by atoms with Crippen molar-refractivity contribution in [2.24, 2.45) is 0 Å². The summed E-state index contributed by atoms with van der Waals surface area (Å²) >= 11 is 0. The van der Waals surface area contributed by atoms with Crippen molar-refractivity contribution >= 4 is 27.9 Å². The summed E-state index contributed by atoms with van der Waals surface area (Å²) in [6.45, 7) is 0. The van der Waals surface area contributed by atoms with Gasteiger partial charge in [-0.1, -0.05) is 0 Å². The fourth-order valence-corrected chi connectivity index (χ4v) is 2.67. The van der Waals surface area contributed by atoms with Crippen molar-refractivity contribution in [1.29, 1.82) is 0 Å². The van der Waals surface area contributed by atoms with E-state index in [1.165, 1.54) is 26.4 Å². The summed E-state index contributed by atoms with van der Waals surface area (Å²) in [5.41, 5.74) is -1.38. The fraction of sp³-hybridized carbons (Fsp3) is 0.176. The van der Waals surface area contributed by atoms with Gasteiger partial charge in [0.1, 0.15) is 33.6 Å². The van der Waals surface area contributed by atoms with E-state index in [0.717, 1.165) is 13.2 Å². The summed E-state index contributed by atoms with van der Waals surface area (Å²) in [5, 5.41) is 20.1. The Bertz CT molecular complexity index is 1060. The SMILES string of the molecule is COC(=O)c1c(O)cc(OC)c2c(=O)c3c(OC)ccc(O)c3oc12. The first-order valence-corrected chi connectivity index (χ1v) is 7.09. The predicted molar refractivity (Wildman–Crippen MR) is 87.8 cm³/mol. The van der Waals surface area contributed by atoms with Gasteiger partial charge in [0, 0.05) is 6.07 Å². The molecule has 1 heterocycles. The van der Waals surface area contributed by atoms with E-state index in [9.17, 15) is 19.8 Å². The molecule has 8 heteroatoms. The molecule has 0 aliphatic carbocycles. The Morgan fingerprint density at radius 3 is 2.20 bits per heavy atom. The first-order valence-electron chi connectivity index (χ1n) is 7.09. The molecule has 1 aromatic heterocycles. The quantitative estimate of drug-likeness (QED) is 0.547. The summed E-state index contributed by atoms with van der Waals surface area (Å²) < 4.78 is 20.5. The van der Waals surface area contributed by atoms with Crippen molar-refractivity contribution in [3.63, 3.8) is 0 Å². The maximum Gasteiger partial charge on any atom is 0.345 e. The van der Waals surface area contributed by atoms with Gasteiger partial charge in [0.25, 0.3) is 0 Å². The molecule has 0 radical (unpaired) electrons. The summed E-state index contributed by atoms with van der Waals surface area (Å²) in [6, 6.07) is 3.81. The van der Waals surface area contributed by atoms with E-state index in [1.807, 2.05) is 0 Å². The number of ether oxygens (including phenoxy) is 3. The summed E-state index contributed by atoms with van der Waals surface area (Å²) in [4.78, 5) is 25.0. The molecule has 3 rings (SSSR count). The lowest BCUT2D eigenvalue weighted by Crippen LogP contribution is -2.10. The van der Waals surface area contributed by atoms with Crippen LogP contribution < -0.4 is 14.9 Å². The maximum absolute atomic E-state index is 13.0. The third-order valence-electron chi connectivity index (χ3n) is 3.81. The average molecular weight is 346 g/mol. The maximum atomic E-state index is 13.0. The summed E-state index contributed by atoms with van der Waals surface area (Å²) in [6.07, 6.45) is 0. The van der Waals surface area contributed by atoms with Gasteiger partial charge in [-0.25, -0.2) is 4.79 Å². The fourth-order valence-electron chi connectivity index (χ4n) is 2.67. The molecule has 25 heavy (non-hydrogen) atoms. The number of carbonyl (C=O) groups is 1. The molecular formula is C17H14O8. The van der Waals surface area contributed by atoms with Crippen LogP contribution in [0.5, 0.6) is 23.0 Å². The van der Waals surface area contributed by atoms with E-state index in [1.54, 1.807) is 0 Å². The second-order valence-electron chi connectivity index (χ2n) is 5.09. The van der Waals surface area contributed by atoms with Gasteiger partial charge in [-0.3, -0.25) is 4.79 Å². The molecule has 3 aromatic rings. The first kappa shape index (κ1) is 16.4. The number of rotatable bonds is 3. The molecule has 0 spiro atoms. The van der Waals surface area contributed by atoms with Gasteiger partial charge in [0.15, 0.2) is 16.9 Å². The molecule has 2 N–H and O–H groups in total. The van der Waals surface area contributed by atoms with Crippen LogP contribution in [0.1, 0.15) is 10.4 Å². The molecule has 0 saturated carbocycles. The molecule has 0 saturated heterocycles. The Hall–Kier alpha value is -3.42.